The lowest BCUT2D eigenvalue weighted by Gasteiger charge is -2.57. The molecule has 1 aromatic heterocycles. The zero-order chi connectivity index (χ0) is 28.4. The number of nitrogens with zero attached hydrogens (tertiary/aromatic N) is 2. The smallest absolute Gasteiger partial charge is 0.388 e. The highest BCUT2D eigenvalue weighted by Gasteiger charge is 2.69. The van der Waals surface area contributed by atoms with Crippen LogP contribution in [0.5, 0.6) is 0 Å². The van der Waals surface area contributed by atoms with E-state index in [0.717, 1.165) is 21.9 Å². The number of allylic oxidation sites excluding steroid dienone is 3. The van der Waals surface area contributed by atoms with Gasteiger partial charge in [0.15, 0.2) is 0 Å². The van der Waals surface area contributed by atoms with Crippen LogP contribution in [0.3, 0.4) is 0 Å². The number of ether oxygens (including phenoxy) is 1. The summed E-state index contributed by atoms with van der Waals surface area (Å²) in [4.78, 5) is 6.05. The molecular weight excluding hydrogens is 541 g/mol. The van der Waals surface area contributed by atoms with E-state index in [2.05, 4.69) is 11.1 Å². The fraction of sp³-hybridized carbons (Fsp3) is 0.516. The Morgan fingerprint density at radius 3 is 2.65 bits per heavy atom. The molecule has 212 valence electrons. The largest absolute Gasteiger partial charge is 0.413 e. The Morgan fingerprint density at radius 1 is 1.15 bits per heavy atom. The average Bonchev–Trinajstić information content (AvgIpc) is 3.41. The van der Waals surface area contributed by atoms with Gasteiger partial charge in [-0.05, 0) is 86.0 Å². The van der Waals surface area contributed by atoms with Crippen molar-refractivity contribution in [3.05, 3.63) is 70.1 Å². The fourth-order valence-corrected chi connectivity index (χ4v) is 8.90. The Bertz CT molecular complexity index is 1530. The van der Waals surface area contributed by atoms with Crippen LogP contribution in [-0.2, 0) is 4.74 Å². The molecular formula is C31H32ClF3N2O3. The second-order valence-corrected chi connectivity index (χ2v) is 13.0. The number of aromatic nitrogens is 1. The summed E-state index contributed by atoms with van der Waals surface area (Å²) in [5, 5.41) is 24.1. The number of benzene rings is 1. The molecule has 2 fully saturated rings. The van der Waals surface area contributed by atoms with Crippen LogP contribution in [0.15, 0.2) is 59.3 Å². The number of hydrogen-bond acceptors (Lipinski definition) is 5. The Morgan fingerprint density at radius 2 is 1.93 bits per heavy atom. The van der Waals surface area contributed by atoms with Crippen LogP contribution in [0.25, 0.3) is 16.3 Å². The Kier molecular flexibility index (Phi) is 5.61. The van der Waals surface area contributed by atoms with Gasteiger partial charge < -0.3 is 19.8 Å². The molecule has 1 saturated carbocycles. The van der Waals surface area contributed by atoms with Gasteiger partial charge in [-0.1, -0.05) is 42.8 Å². The summed E-state index contributed by atoms with van der Waals surface area (Å²) in [5.41, 5.74) is -1.22. The lowest BCUT2D eigenvalue weighted by atomic mass is 9.56. The van der Waals surface area contributed by atoms with Crippen molar-refractivity contribution in [3.63, 3.8) is 0 Å². The highest BCUT2D eigenvalue weighted by molar-refractivity contribution is 6.34. The first-order chi connectivity index (χ1) is 18.8. The summed E-state index contributed by atoms with van der Waals surface area (Å²) in [6, 6.07) is 7.32. The van der Waals surface area contributed by atoms with Crippen LogP contribution < -0.4 is 0 Å². The first-order valence-corrected chi connectivity index (χ1v) is 14.2. The second kappa shape index (κ2) is 8.42. The predicted molar refractivity (Wildman–Crippen MR) is 147 cm³/mol. The molecule has 0 radical (unpaired) electrons. The van der Waals surface area contributed by atoms with Crippen molar-refractivity contribution < 1.29 is 28.1 Å². The molecule has 3 aliphatic carbocycles. The predicted octanol–water partition coefficient (Wildman–Crippen LogP) is 5.84. The van der Waals surface area contributed by atoms with Gasteiger partial charge in [-0.15, -0.1) is 0 Å². The van der Waals surface area contributed by atoms with Crippen LogP contribution in [0, 0.1) is 11.3 Å². The van der Waals surface area contributed by atoms with E-state index in [1.807, 2.05) is 50.2 Å². The minimum absolute atomic E-state index is 0.139. The number of pyridine rings is 1. The monoisotopic (exact) mass is 572 g/mol. The number of likely N-dealkylation sites (N-methyl/N-ethyl adjacent to an activating group) is 1. The molecule has 9 heteroatoms. The molecule has 5 nitrogen and oxygen atoms in total. The lowest BCUT2D eigenvalue weighted by Crippen LogP contribution is -2.62. The van der Waals surface area contributed by atoms with E-state index in [4.69, 9.17) is 16.3 Å². The van der Waals surface area contributed by atoms with Crippen molar-refractivity contribution in [2.45, 2.75) is 74.7 Å². The summed E-state index contributed by atoms with van der Waals surface area (Å²) < 4.78 is 51.7. The molecule has 7 atom stereocenters. The van der Waals surface area contributed by atoms with E-state index >= 15 is 0 Å². The molecule has 0 amide bonds. The van der Waals surface area contributed by atoms with Crippen LogP contribution in [0.4, 0.5) is 13.2 Å². The Labute approximate surface area is 236 Å². The third kappa shape index (κ3) is 3.40. The van der Waals surface area contributed by atoms with Crippen LogP contribution in [-0.4, -0.2) is 69.8 Å². The van der Waals surface area contributed by atoms with E-state index in [1.165, 1.54) is 0 Å². The number of aliphatic hydroxyl groups is 2. The molecule has 7 rings (SSSR count). The summed E-state index contributed by atoms with van der Waals surface area (Å²) in [6.07, 6.45) is 0.0359. The van der Waals surface area contributed by atoms with Crippen molar-refractivity contribution in [1.82, 2.24) is 9.88 Å². The van der Waals surface area contributed by atoms with Gasteiger partial charge >= 0.3 is 6.18 Å². The highest BCUT2D eigenvalue weighted by Crippen LogP contribution is 2.70. The van der Waals surface area contributed by atoms with Crippen LogP contribution in [0.1, 0.15) is 44.6 Å². The van der Waals surface area contributed by atoms with E-state index in [0.29, 0.717) is 36.4 Å². The normalized spacial score (nSPS) is 38.8. The van der Waals surface area contributed by atoms with Crippen molar-refractivity contribution in [3.8, 4) is 0 Å². The molecule has 2 aliphatic heterocycles. The van der Waals surface area contributed by atoms with Gasteiger partial charge in [-0.25, -0.2) is 4.98 Å². The van der Waals surface area contributed by atoms with Gasteiger partial charge in [0.1, 0.15) is 11.3 Å². The maximum Gasteiger partial charge on any atom is 0.413 e. The molecule has 1 aromatic carbocycles. The summed E-state index contributed by atoms with van der Waals surface area (Å²) in [6.45, 7) is 1.94. The number of hydrogen-bond donors (Lipinski definition) is 2. The van der Waals surface area contributed by atoms with Gasteiger partial charge in [-0.2, -0.15) is 13.2 Å². The highest BCUT2D eigenvalue weighted by atomic mass is 35.5. The van der Waals surface area contributed by atoms with Crippen molar-refractivity contribution >= 4 is 27.9 Å². The van der Waals surface area contributed by atoms with E-state index in [1.54, 1.807) is 12.3 Å². The molecule has 5 aliphatic rings. The molecule has 3 heterocycles. The third-order valence-corrected chi connectivity index (χ3v) is 10.8. The lowest BCUT2D eigenvalue weighted by molar-refractivity contribution is -0.170. The zero-order valence-electron chi connectivity index (χ0n) is 22.6. The topological polar surface area (TPSA) is 65.8 Å². The minimum atomic E-state index is -4.58. The molecule has 2 spiro atoms. The summed E-state index contributed by atoms with van der Waals surface area (Å²) in [7, 11) is 3.67. The maximum atomic E-state index is 14.9. The summed E-state index contributed by atoms with van der Waals surface area (Å²) in [5.74, 6) is -0.213. The molecule has 1 saturated heterocycles. The number of aliphatic hydroxyl groups excluding tert-OH is 2. The zero-order valence-corrected chi connectivity index (χ0v) is 23.4. The van der Waals surface area contributed by atoms with Gasteiger partial charge in [0, 0.05) is 34.5 Å². The summed E-state index contributed by atoms with van der Waals surface area (Å²) >= 11 is 6.40. The maximum absolute atomic E-state index is 14.9. The fourth-order valence-electron chi connectivity index (χ4n) is 8.68. The van der Waals surface area contributed by atoms with Crippen molar-refractivity contribution in [2.75, 3.05) is 14.1 Å². The average molecular weight is 573 g/mol. The van der Waals surface area contributed by atoms with Crippen molar-refractivity contribution in [1.29, 1.82) is 0 Å². The Balaban J connectivity index is 1.39. The first kappa shape index (κ1) is 26.7. The van der Waals surface area contributed by atoms with Gasteiger partial charge in [0.05, 0.1) is 17.3 Å². The standard InChI is InChI=1S/C31H32ClF3N2O3/c1-28-14-22(31(33,34)35)20-13-21-25(38)26(39)23(37(2)3)15-29(21)9-10-30(20,40-29)24(28)7-6-19(28)17-5-4-16-8-11-36-27(32)18(16)12-17/h4-6,8,11-13,23-26,38-39H,7,9-10,14-15H2,1-3H3. The van der Waals surface area contributed by atoms with Crippen LogP contribution >= 0.6 is 11.6 Å². The molecule has 2 N–H and O–H groups in total. The van der Waals surface area contributed by atoms with Crippen molar-refractivity contribution in [2.24, 2.45) is 11.3 Å². The Hall–Kier alpha value is -2.23. The van der Waals surface area contributed by atoms with Gasteiger partial charge in [-0.3, -0.25) is 0 Å². The second-order valence-electron chi connectivity index (χ2n) is 12.7. The van der Waals surface area contributed by atoms with E-state index in [-0.39, 0.29) is 24.0 Å². The van der Waals surface area contributed by atoms with E-state index in [9.17, 15) is 23.4 Å². The number of fused-ring (bicyclic) bond motifs is 2. The number of alkyl halides is 3. The molecule has 2 bridgehead atoms. The van der Waals surface area contributed by atoms with Gasteiger partial charge in [0.2, 0.25) is 0 Å². The SMILES string of the molecule is CN(C)C1CC23CCC4(O2)C(=C(C(F)(F)F)CC2(C)C(c5ccc6ccnc(Cl)c6c5)=CCC24)C=C3C(O)C1O. The number of halogens is 4. The first-order valence-electron chi connectivity index (χ1n) is 13.8. The molecule has 40 heavy (non-hydrogen) atoms. The molecule has 2 aromatic rings. The number of rotatable bonds is 2. The minimum Gasteiger partial charge on any atom is -0.388 e. The van der Waals surface area contributed by atoms with E-state index < -0.39 is 40.6 Å². The quantitative estimate of drug-likeness (QED) is 0.442. The van der Waals surface area contributed by atoms with Gasteiger partial charge in [0.25, 0.3) is 0 Å². The van der Waals surface area contributed by atoms with Crippen LogP contribution in [0.2, 0.25) is 5.15 Å². The molecule has 7 unspecified atom stereocenters. The third-order valence-electron chi connectivity index (χ3n) is 10.5.